The van der Waals surface area contributed by atoms with Crippen LogP contribution in [-0.4, -0.2) is 31.1 Å². The maximum absolute atomic E-state index is 11.7. The summed E-state index contributed by atoms with van der Waals surface area (Å²) in [5.41, 5.74) is 6.62. The van der Waals surface area contributed by atoms with Crippen molar-refractivity contribution in [3.05, 3.63) is 35.8 Å². The first-order valence-electron chi connectivity index (χ1n) is 5.25. The largest absolute Gasteiger partial charge is 0.492 e. The number of pyridine rings is 1. The van der Waals surface area contributed by atoms with E-state index in [1.54, 1.807) is 0 Å². The Morgan fingerprint density at radius 2 is 1.95 bits per heavy atom. The summed E-state index contributed by atoms with van der Waals surface area (Å²) < 4.78 is 0. The normalized spacial score (nSPS) is 9.95. The van der Waals surface area contributed by atoms with Crippen LogP contribution in [0.1, 0.15) is 16.1 Å². The van der Waals surface area contributed by atoms with Crippen molar-refractivity contribution in [2.75, 3.05) is 5.43 Å². The number of nitrogens with zero attached hydrogens (tertiary/aromatic N) is 4. The standard InChI is InChI=1S/C11H10N5O3/c1-6-8(10(18)14-11(19)13-6)15-16-9(17)7-2-4-12-5-3-7/h2-5,15H,1H3,(H2,13,14,18,19). The van der Waals surface area contributed by atoms with Gasteiger partial charge in [-0.25, -0.2) is 0 Å². The molecule has 0 aliphatic heterocycles. The molecule has 0 aliphatic carbocycles. The number of rotatable bonds is 3. The minimum atomic E-state index is -0.555. The maximum atomic E-state index is 11.7. The molecule has 1 amide bonds. The molecule has 0 bridgehead atoms. The Balaban J connectivity index is 2.10. The van der Waals surface area contributed by atoms with Crippen LogP contribution in [-0.2, 0) is 0 Å². The monoisotopic (exact) mass is 260 g/mol. The Hall–Kier alpha value is -2.90. The summed E-state index contributed by atoms with van der Waals surface area (Å²) in [6, 6.07) is 2.46. The predicted molar refractivity (Wildman–Crippen MR) is 64.4 cm³/mol. The third-order valence-corrected chi connectivity index (χ3v) is 2.26. The quantitative estimate of drug-likeness (QED) is 0.681. The smallest absolute Gasteiger partial charge is 0.317 e. The average molecular weight is 260 g/mol. The third-order valence-electron chi connectivity index (χ3n) is 2.26. The molecular weight excluding hydrogens is 250 g/mol. The molecule has 0 fully saturated rings. The van der Waals surface area contributed by atoms with Gasteiger partial charge >= 0.3 is 6.01 Å². The number of anilines is 1. The molecule has 97 valence electrons. The SMILES string of the molecule is Cc1nc(O)nc(O)c1N[N]C(=O)c1ccncc1. The lowest BCUT2D eigenvalue weighted by atomic mass is 10.2. The van der Waals surface area contributed by atoms with Gasteiger partial charge in [-0.1, -0.05) is 0 Å². The summed E-state index contributed by atoms with van der Waals surface area (Å²) in [7, 11) is 0. The van der Waals surface area contributed by atoms with Gasteiger partial charge < -0.3 is 10.2 Å². The van der Waals surface area contributed by atoms with Crippen LogP contribution in [0.4, 0.5) is 5.69 Å². The fraction of sp³-hybridized carbons (Fsp3) is 0.0909. The Bertz CT molecular complexity index is 580. The lowest BCUT2D eigenvalue weighted by Crippen LogP contribution is -2.22. The molecule has 8 nitrogen and oxygen atoms in total. The third kappa shape index (κ3) is 2.86. The Morgan fingerprint density at radius 1 is 1.26 bits per heavy atom. The van der Waals surface area contributed by atoms with E-state index in [4.69, 9.17) is 5.11 Å². The van der Waals surface area contributed by atoms with Gasteiger partial charge in [0.05, 0.1) is 5.69 Å². The van der Waals surface area contributed by atoms with Crippen molar-refractivity contribution in [1.82, 2.24) is 20.4 Å². The summed E-state index contributed by atoms with van der Waals surface area (Å²) in [6.45, 7) is 1.52. The molecule has 3 N–H and O–H groups in total. The minimum Gasteiger partial charge on any atom is -0.492 e. The molecule has 19 heavy (non-hydrogen) atoms. The van der Waals surface area contributed by atoms with Gasteiger partial charge in [0, 0.05) is 18.0 Å². The number of aromatic nitrogens is 3. The van der Waals surface area contributed by atoms with Gasteiger partial charge in [-0.15, -0.1) is 5.43 Å². The van der Waals surface area contributed by atoms with Gasteiger partial charge in [0.2, 0.25) is 5.88 Å². The molecule has 0 saturated heterocycles. The Kier molecular flexibility index (Phi) is 3.42. The summed E-state index contributed by atoms with van der Waals surface area (Å²) >= 11 is 0. The van der Waals surface area contributed by atoms with Gasteiger partial charge in [-0.3, -0.25) is 15.2 Å². The predicted octanol–water partition coefficient (Wildman–Crippen LogP) is 0.363. The van der Waals surface area contributed by atoms with Gasteiger partial charge in [0.1, 0.15) is 5.69 Å². The van der Waals surface area contributed by atoms with Crippen molar-refractivity contribution in [2.24, 2.45) is 0 Å². The van der Waals surface area contributed by atoms with Crippen molar-refractivity contribution in [3.63, 3.8) is 0 Å². The number of aromatic hydroxyl groups is 2. The Morgan fingerprint density at radius 3 is 2.58 bits per heavy atom. The second-order valence-electron chi connectivity index (χ2n) is 3.57. The average Bonchev–Trinajstić information content (AvgIpc) is 2.38. The molecule has 0 aromatic carbocycles. The molecule has 1 radical (unpaired) electrons. The van der Waals surface area contributed by atoms with E-state index < -0.39 is 17.8 Å². The van der Waals surface area contributed by atoms with Crippen LogP contribution >= 0.6 is 0 Å². The summed E-state index contributed by atoms with van der Waals surface area (Å²) in [5, 5.41) is 18.6. The fourth-order valence-corrected chi connectivity index (χ4v) is 1.34. The summed E-state index contributed by atoms with van der Waals surface area (Å²) in [4.78, 5) is 22.4. The van der Waals surface area contributed by atoms with Crippen LogP contribution in [0.3, 0.4) is 0 Å². The molecular formula is C11H10N5O3. The van der Waals surface area contributed by atoms with E-state index >= 15 is 0 Å². The topological polar surface area (TPSA) is 122 Å². The van der Waals surface area contributed by atoms with E-state index in [1.165, 1.54) is 31.5 Å². The zero-order valence-electron chi connectivity index (χ0n) is 9.90. The second kappa shape index (κ2) is 5.17. The molecule has 0 spiro atoms. The minimum absolute atomic E-state index is 0.0557. The van der Waals surface area contributed by atoms with Crippen LogP contribution in [0, 0.1) is 6.92 Å². The molecule has 0 aliphatic rings. The van der Waals surface area contributed by atoms with Crippen molar-refractivity contribution >= 4 is 11.6 Å². The highest BCUT2D eigenvalue weighted by Gasteiger charge is 2.13. The zero-order valence-corrected chi connectivity index (χ0v) is 9.90. The zero-order chi connectivity index (χ0) is 13.8. The summed E-state index contributed by atoms with van der Waals surface area (Å²) in [5.74, 6) is -1.02. The molecule has 2 aromatic heterocycles. The maximum Gasteiger partial charge on any atom is 0.317 e. The highest BCUT2D eigenvalue weighted by Crippen LogP contribution is 2.24. The molecule has 2 aromatic rings. The molecule has 0 saturated carbocycles. The molecule has 2 heterocycles. The van der Waals surface area contributed by atoms with Gasteiger partial charge in [-0.2, -0.15) is 9.97 Å². The number of hydrogen-bond donors (Lipinski definition) is 3. The first kappa shape index (κ1) is 12.6. The first-order valence-corrected chi connectivity index (χ1v) is 5.25. The number of amides is 1. The number of carbonyl (C=O) groups excluding carboxylic acids is 1. The number of nitrogens with one attached hydrogen (secondary N) is 1. The number of aryl methyl sites for hydroxylation is 1. The molecule has 0 atom stereocenters. The van der Waals surface area contributed by atoms with Gasteiger partial charge in [-0.05, 0) is 19.1 Å². The van der Waals surface area contributed by atoms with E-state index in [-0.39, 0.29) is 11.4 Å². The molecule has 0 unspecified atom stereocenters. The summed E-state index contributed by atoms with van der Waals surface area (Å²) in [6.07, 6.45) is 2.93. The highest BCUT2D eigenvalue weighted by molar-refractivity contribution is 5.94. The van der Waals surface area contributed by atoms with Crippen LogP contribution in [0.2, 0.25) is 0 Å². The van der Waals surface area contributed by atoms with E-state index in [9.17, 15) is 9.90 Å². The Labute approximate surface area is 108 Å². The highest BCUT2D eigenvalue weighted by atomic mass is 16.3. The van der Waals surface area contributed by atoms with Crippen molar-refractivity contribution in [1.29, 1.82) is 0 Å². The number of carbonyl (C=O) groups is 1. The van der Waals surface area contributed by atoms with Gasteiger partial charge in [0.15, 0.2) is 0 Å². The van der Waals surface area contributed by atoms with E-state index in [0.29, 0.717) is 5.56 Å². The lowest BCUT2D eigenvalue weighted by molar-refractivity contribution is 0.0958. The molecule has 8 heteroatoms. The van der Waals surface area contributed by atoms with Crippen molar-refractivity contribution in [2.45, 2.75) is 6.92 Å². The number of hydrogen-bond acceptors (Lipinski definition) is 7. The van der Waals surface area contributed by atoms with E-state index in [0.717, 1.165) is 0 Å². The first-order chi connectivity index (χ1) is 9.08. The molecule has 2 rings (SSSR count). The lowest BCUT2D eigenvalue weighted by Gasteiger charge is -2.08. The van der Waals surface area contributed by atoms with Crippen molar-refractivity contribution < 1.29 is 15.0 Å². The van der Waals surface area contributed by atoms with E-state index in [1.807, 2.05) is 0 Å². The van der Waals surface area contributed by atoms with Gasteiger partial charge in [0.25, 0.3) is 5.91 Å². The fourth-order valence-electron chi connectivity index (χ4n) is 1.34. The van der Waals surface area contributed by atoms with Crippen LogP contribution in [0.25, 0.3) is 0 Å². The second-order valence-corrected chi connectivity index (χ2v) is 3.57. The van der Waals surface area contributed by atoms with Crippen LogP contribution in [0.5, 0.6) is 11.9 Å². The van der Waals surface area contributed by atoms with E-state index in [2.05, 4.69) is 25.8 Å². The van der Waals surface area contributed by atoms with Crippen LogP contribution < -0.4 is 10.9 Å². The van der Waals surface area contributed by atoms with Crippen LogP contribution in [0.15, 0.2) is 24.5 Å². The van der Waals surface area contributed by atoms with Crippen molar-refractivity contribution in [3.8, 4) is 11.9 Å².